The standard InChI is InChI=1S/C15H23N5/c1-10-7-12(3)20(19-10)9-11(2)16-8-15-13-5-4-6-14(13)17-18-15/h7,11,16H,4-6,8-9H2,1-3H3,(H,17,18). The Morgan fingerprint density at radius 2 is 2.25 bits per heavy atom. The average Bonchev–Trinajstić information content (AvgIpc) is 3.04. The van der Waals surface area contributed by atoms with Gasteiger partial charge in [-0.25, -0.2) is 0 Å². The van der Waals surface area contributed by atoms with Crippen LogP contribution in [0.5, 0.6) is 0 Å². The first-order valence-electron chi connectivity index (χ1n) is 7.43. The third kappa shape index (κ3) is 2.63. The van der Waals surface area contributed by atoms with Gasteiger partial charge in [0.25, 0.3) is 0 Å². The minimum atomic E-state index is 0.377. The summed E-state index contributed by atoms with van der Waals surface area (Å²) >= 11 is 0. The van der Waals surface area contributed by atoms with E-state index in [9.17, 15) is 0 Å². The molecule has 0 amide bonds. The highest BCUT2D eigenvalue weighted by Crippen LogP contribution is 2.22. The Bertz CT molecular complexity index is 595. The summed E-state index contributed by atoms with van der Waals surface area (Å²) in [5.41, 5.74) is 6.28. The second-order valence-electron chi connectivity index (χ2n) is 5.87. The maximum absolute atomic E-state index is 4.51. The second-order valence-corrected chi connectivity index (χ2v) is 5.87. The normalized spacial score (nSPS) is 15.6. The van der Waals surface area contributed by atoms with Gasteiger partial charge in [0.2, 0.25) is 0 Å². The Morgan fingerprint density at radius 3 is 3.00 bits per heavy atom. The highest BCUT2D eigenvalue weighted by atomic mass is 15.3. The molecular formula is C15H23N5. The van der Waals surface area contributed by atoms with Crippen molar-refractivity contribution in [3.63, 3.8) is 0 Å². The highest BCUT2D eigenvalue weighted by molar-refractivity contribution is 5.29. The van der Waals surface area contributed by atoms with E-state index in [1.54, 1.807) is 0 Å². The van der Waals surface area contributed by atoms with Gasteiger partial charge >= 0.3 is 0 Å². The SMILES string of the molecule is Cc1cc(C)n(CC(C)NCc2n[nH]c3c2CCC3)n1. The lowest BCUT2D eigenvalue weighted by Gasteiger charge is -2.14. The van der Waals surface area contributed by atoms with Gasteiger partial charge in [0.05, 0.1) is 17.9 Å². The maximum atomic E-state index is 4.51. The molecule has 0 bridgehead atoms. The third-order valence-electron chi connectivity index (χ3n) is 4.06. The fourth-order valence-electron chi connectivity index (χ4n) is 2.99. The van der Waals surface area contributed by atoms with Gasteiger partial charge in [0.15, 0.2) is 0 Å². The van der Waals surface area contributed by atoms with E-state index in [2.05, 4.69) is 45.2 Å². The molecule has 2 heterocycles. The van der Waals surface area contributed by atoms with Crippen LogP contribution in [-0.4, -0.2) is 26.0 Å². The summed E-state index contributed by atoms with van der Waals surface area (Å²) < 4.78 is 2.07. The van der Waals surface area contributed by atoms with E-state index in [4.69, 9.17) is 0 Å². The van der Waals surface area contributed by atoms with Crippen LogP contribution in [0.1, 0.15) is 41.7 Å². The molecule has 20 heavy (non-hydrogen) atoms. The van der Waals surface area contributed by atoms with Crippen LogP contribution < -0.4 is 5.32 Å². The van der Waals surface area contributed by atoms with Crippen molar-refractivity contribution in [3.05, 3.63) is 34.4 Å². The maximum Gasteiger partial charge on any atom is 0.0794 e. The molecule has 0 aliphatic heterocycles. The summed E-state index contributed by atoms with van der Waals surface area (Å²) in [6.07, 6.45) is 3.59. The molecule has 2 aromatic heterocycles. The quantitative estimate of drug-likeness (QED) is 0.874. The minimum Gasteiger partial charge on any atom is -0.307 e. The average molecular weight is 273 g/mol. The van der Waals surface area contributed by atoms with Crippen molar-refractivity contribution >= 4 is 0 Å². The first-order valence-corrected chi connectivity index (χ1v) is 7.43. The molecular weight excluding hydrogens is 250 g/mol. The van der Waals surface area contributed by atoms with Crippen molar-refractivity contribution in [2.75, 3.05) is 0 Å². The van der Waals surface area contributed by atoms with Crippen molar-refractivity contribution in [1.82, 2.24) is 25.3 Å². The van der Waals surface area contributed by atoms with Crippen molar-refractivity contribution in [2.24, 2.45) is 0 Å². The molecule has 0 saturated heterocycles. The molecule has 0 radical (unpaired) electrons. The topological polar surface area (TPSA) is 58.5 Å². The fourth-order valence-corrected chi connectivity index (χ4v) is 2.99. The van der Waals surface area contributed by atoms with Gasteiger partial charge in [-0.1, -0.05) is 0 Å². The molecule has 0 fully saturated rings. The molecule has 1 atom stereocenters. The molecule has 1 aliphatic rings. The van der Waals surface area contributed by atoms with E-state index in [-0.39, 0.29) is 0 Å². The molecule has 0 saturated carbocycles. The predicted molar refractivity (Wildman–Crippen MR) is 78.6 cm³/mol. The lowest BCUT2D eigenvalue weighted by molar-refractivity contribution is 0.441. The smallest absolute Gasteiger partial charge is 0.0794 e. The van der Waals surface area contributed by atoms with E-state index < -0.39 is 0 Å². The zero-order valence-corrected chi connectivity index (χ0v) is 12.5. The molecule has 0 spiro atoms. The van der Waals surface area contributed by atoms with Gasteiger partial charge in [-0.3, -0.25) is 9.78 Å². The Morgan fingerprint density at radius 1 is 1.40 bits per heavy atom. The van der Waals surface area contributed by atoms with E-state index in [1.807, 2.05) is 6.92 Å². The van der Waals surface area contributed by atoms with Crippen LogP contribution in [0.4, 0.5) is 0 Å². The Labute approximate surface area is 119 Å². The predicted octanol–water partition coefficient (Wildman–Crippen LogP) is 1.89. The summed E-state index contributed by atoms with van der Waals surface area (Å²) in [5.74, 6) is 0. The van der Waals surface area contributed by atoms with Crippen LogP contribution in [0.2, 0.25) is 0 Å². The van der Waals surface area contributed by atoms with Crippen molar-refractivity contribution in [1.29, 1.82) is 0 Å². The number of nitrogens with zero attached hydrogens (tertiary/aromatic N) is 3. The first-order chi connectivity index (χ1) is 9.63. The van der Waals surface area contributed by atoms with Gasteiger partial charge in [0, 0.05) is 24.0 Å². The molecule has 1 aliphatic carbocycles. The third-order valence-corrected chi connectivity index (χ3v) is 4.06. The number of aryl methyl sites for hydroxylation is 3. The first kappa shape index (κ1) is 13.4. The van der Waals surface area contributed by atoms with Gasteiger partial charge in [-0.15, -0.1) is 0 Å². The summed E-state index contributed by atoms with van der Waals surface area (Å²) in [5, 5.41) is 15.7. The number of aromatic nitrogens is 4. The van der Waals surface area contributed by atoms with Crippen LogP contribution in [0.25, 0.3) is 0 Å². The van der Waals surface area contributed by atoms with E-state index in [0.717, 1.165) is 25.2 Å². The molecule has 2 N–H and O–H groups in total. The van der Waals surface area contributed by atoms with Crippen molar-refractivity contribution < 1.29 is 0 Å². The number of H-pyrrole nitrogens is 1. The van der Waals surface area contributed by atoms with Crippen molar-refractivity contribution in [3.8, 4) is 0 Å². The number of hydrogen-bond acceptors (Lipinski definition) is 3. The number of aromatic amines is 1. The van der Waals surface area contributed by atoms with Gasteiger partial charge < -0.3 is 5.32 Å². The van der Waals surface area contributed by atoms with Crippen LogP contribution in [0.15, 0.2) is 6.07 Å². The summed E-state index contributed by atoms with van der Waals surface area (Å²) in [6, 6.07) is 2.49. The summed E-state index contributed by atoms with van der Waals surface area (Å²) in [6.45, 7) is 8.07. The highest BCUT2D eigenvalue weighted by Gasteiger charge is 2.18. The molecule has 1 unspecified atom stereocenters. The molecule has 5 nitrogen and oxygen atoms in total. The van der Waals surface area contributed by atoms with Gasteiger partial charge in [0.1, 0.15) is 0 Å². The second kappa shape index (κ2) is 5.40. The summed E-state index contributed by atoms with van der Waals surface area (Å²) in [4.78, 5) is 0. The fraction of sp³-hybridized carbons (Fsp3) is 0.600. The molecule has 108 valence electrons. The van der Waals surface area contributed by atoms with Crippen LogP contribution in [0, 0.1) is 13.8 Å². The Hall–Kier alpha value is -1.62. The van der Waals surface area contributed by atoms with Crippen LogP contribution in [-0.2, 0) is 25.9 Å². The molecule has 0 aromatic carbocycles. The van der Waals surface area contributed by atoms with Crippen LogP contribution >= 0.6 is 0 Å². The zero-order chi connectivity index (χ0) is 14.1. The van der Waals surface area contributed by atoms with E-state index >= 15 is 0 Å². The summed E-state index contributed by atoms with van der Waals surface area (Å²) in [7, 11) is 0. The number of hydrogen-bond donors (Lipinski definition) is 2. The lowest BCUT2D eigenvalue weighted by atomic mass is 10.2. The number of fused-ring (bicyclic) bond motifs is 1. The molecule has 3 rings (SSSR count). The Balaban J connectivity index is 1.57. The van der Waals surface area contributed by atoms with E-state index in [1.165, 1.54) is 35.5 Å². The number of nitrogens with one attached hydrogen (secondary N) is 2. The van der Waals surface area contributed by atoms with E-state index in [0.29, 0.717) is 6.04 Å². The van der Waals surface area contributed by atoms with Crippen molar-refractivity contribution in [2.45, 2.75) is 59.2 Å². The van der Waals surface area contributed by atoms with Crippen LogP contribution in [0.3, 0.4) is 0 Å². The Kier molecular flexibility index (Phi) is 3.61. The lowest BCUT2D eigenvalue weighted by Crippen LogP contribution is -2.31. The monoisotopic (exact) mass is 273 g/mol. The molecule has 5 heteroatoms. The largest absolute Gasteiger partial charge is 0.307 e. The van der Waals surface area contributed by atoms with Gasteiger partial charge in [-0.2, -0.15) is 10.2 Å². The zero-order valence-electron chi connectivity index (χ0n) is 12.5. The number of rotatable bonds is 5. The van der Waals surface area contributed by atoms with Gasteiger partial charge in [-0.05, 0) is 51.7 Å². The molecule has 2 aromatic rings. The minimum absolute atomic E-state index is 0.377.